The van der Waals surface area contributed by atoms with Gasteiger partial charge in [0.05, 0.1) is 16.4 Å². The predicted molar refractivity (Wildman–Crippen MR) is 173 cm³/mol. The van der Waals surface area contributed by atoms with Gasteiger partial charge in [-0.1, -0.05) is 66.2 Å². The number of para-hydroxylation sites is 1. The second-order valence-electron chi connectivity index (χ2n) is 11.5. The van der Waals surface area contributed by atoms with Gasteiger partial charge >= 0.3 is 6.09 Å². The summed E-state index contributed by atoms with van der Waals surface area (Å²) >= 11 is 6.50. The van der Waals surface area contributed by atoms with Gasteiger partial charge in [0.2, 0.25) is 11.8 Å². The molecule has 0 aromatic heterocycles. The van der Waals surface area contributed by atoms with Crippen molar-refractivity contribution < 1.29 is 19.1 Å². The molecule has 3 aromatic rings. The van der Waals surface area contributed by atoms with Crippen LogP contribution in [0.3, 0.4) is 0 Å². The number of halogens is 1. The van der Waals surface area contributed by atoms with Crippen molar-refractivity contribution in [3.05, 3.63) is 83.4 Å². The molecule has 4 N–H and O–H groups in total. The van der Waals surface area contributed by atoms with E-state index in [-0.39, 0.29) is 23.8 Å². The molecule has 2 saturated heterocycles. The number of ether oxygens (including phenoxy) is 1. The van der Waals surface area contributed by atoms with E-state index < -0.39 is 6.09 Å². The van der Waals surface area contributed by atoms with E-state index in [1.165, 1.54) is 0 Å². The minimum absolute atomic E-state index is 0.0345. The van der Waals surface area contributed by atoms with Gasteiger partial charge in [0, 0.05) is 44.1 Å². The number of carbonyl (C=O) groups excluding carboxylic acids is 3. The van der Waals surface area contributed by atoms with Crippen LogP contribution in [0.2, 0.25) is 5.02 Å². The van der Waals surface area contributed by atoms with Crippen LogP contribution in [0, 0.1) is 5.92 Å². The van der Waals surface area contributed by atoms with Crippen molar-refractivity contribution in [3.8, 4) is 11.1 Å². The second-order valence-corrected chi connectivity index (χ2v) is 12.0. The Morgan fingerprint density at radius 2 is 1.50 bits per heavy atom. The van der Waals surface area contributed by atoms with Gasteiger partial charge in [-0.05, 0) is 68.1 Å². The van der Waals surface area contributed by atoms with Gasteiger partial charge in [0.1, 0.15) is 6.10 Å². The van der Waals surface area contributed by atoms with Crippen LogP contribution in [0.25, 0.3) is 11.1 Å². The van der Waals surface area contributed by atoms with Gasteiger partial charge in [-0.15, -0.1) is 0 Å². The maximum Gasteiger partial charge on any atom is 0.411 e. The van der Waals surface area contributed by atoms with Crippen molar-refractivity contribution in [2.75, 3.05) is 43.4 Å². The molecule has 9 nitrogen and oxygen atoms in total. The number of amides is 3. The van der Waals surface area contributed by atoms with Gasteiger partial charge in [0.25, 0.3) is 0 Å². The quantitative estimate of drug-likeness (QED) is 0.267. The first-order valence-corrected chi connectivity index (χ1v) is 15.7. The summed E-state index contributed by atoms with van der Waals surface area (Å²) < 4.78 is 5.73. The summed E-state index contributed by atoms with van der Waals surface area (Å²) in [4.78, 5) is 41.3. The molecule has 3 amide bonds. The maximum absolute atomic E-state index is 12.7. The van der Waals surface area contributed by atoms with Crippen LogP contribution in [0.15, 0.2) is 72.8 Å². The van der Waals surface area contributed by atoms with E-state index in [1.807, 2.05) is 72.8 Å². The fraction of sp³-hybridized carbons (Fsp3) is 0.382. The molecule has 0 atom stereocenters. The van der Waals surface area contributed by atoms with Gasteiger partial charge < -0.3 is 20.7 Å². The van der Waals surface area contributed by atoms with E-state index in [1.54, 1.807) is 0 Å². The summed E-state index contributed by atoms with van der Waals surface area (Å²) in [6, 6.07) is 23.3. The SMILES string of the molecule is NC(=O)C1CCN(Cc2ccc(NC(=O)CCN3CCC(OC(=O)Nc4ccccc4-c4ccccc4)CC3)c(Cl)c2)CC1. The Hall–Kier alpha value is -3.92. The maximum atomic E-state index is 12.7. The lowest BCUT2D eigenvalue weighted by atomic mass is 9.96. The van der Waals surface area contributed by atoms with Crippen LogP contribution in [-0.4, -0.2) is 66.5 Å². The Bertz CT molecular complexity index is 1440. The number of nitrogens with one attached hydrogen (secondary N) is 2. The highest BCUT2D eigenvalue weighted by molar-refractivity contribution is 6.33. The monoisotopic (exact) mass is 617 g/mol. The topological polar surface area (TPSA) is 117 Å². The summed E-state index contributed by atoms with van der Waals surface area (Å²) in [5, 5.41) is 6.35. The standard InChI is InChI=1S/C34H40ClN5O4/c35-29-22-24(23-40-17-12-26(13-18-40)33(36)42)10-11-31(29)37-32(41)16-21-39-19-14-27(15-20-39)44-34(43)38-30-9-5-4-8-28(30)25-6-2-1-3-7-25/h1-11,22,26-27H,12-21,23H2,(H2,36,42)(H,37,41)(H,38,43). The summed E-state index contributed by atoms with van der Waals surface area (Å²) in [6.07, 6.45) is 2.70. The number of carbonyl (C=O) groups is 3. The number of anilines is 2. The van der Waals surface area contributed by atoms with Gasteiger partial charge in [-0.25, -0.2) is 4.79 Å². The molecule has 5 rings (SSSR count). The zero-order valence-corrected chi connectivity index (χ0v) is 25.6. The normalized spacial score (nSPS) is 16.8. The molecule has 0 unspecified atom stereocenters. The lowest BCUT2D eigenvalue weighted by Gasteiger charge is -2.31. The first-order valence-electron chi connectivity index (χ1n) is 15.3. The molecule has 10 heteroatoms. The van der Waals surface area contributed by atoms with E-state index >= 15 is 0 Å². The van der Waals surface area contributed by atoms with Crippen LogP contribution in [0.5, 0.6) is 0 Å². The van der Waals surface area contributed by atoms with Gasteiger partial charge in [-0.2, -0.15) is 0 Å². The first-order chi connectivity index (χ1) is 21.3. The highest BCUT2D eigenvalue weighted by Gasteiger charge is 2.24. The Kier molecular flexibility index (Phi) is 10.9. The average Bonchev–Trinajstić information content (AvgIpc) is 3.03. The van der Waals surface area contributed by atoms with Gasteiger partial charge in [0.15, 0.2) is 0 Å². The van der Waals surface area contributed by atoms with Crippen LogP contribution in [-0.2, 0) is 20.9 Å². The molecule has 0 saturated carbocycles. The smallest absolute Gasteiger partial charge is 0.411 e. The molecule has 0 bridgehead atoms. The molecule has 0 radical (unpaired) electrons. The average molecular weight is 618 g/mol. The summed E-state index contributed by atoms with van der Waals surface area (Å²) in [7, 11) is 0. The molecule has 2 heterocycles. The van der Waals surface area contributed by atoms with E-state index in [0.29, 0.717) is 42.2 Å². The molecule has 2 fully saturated rings. The molecule has 3 aromatic carbocycles. The van der Waals surface area contributed by atoms with Crippen molar-refractivity contribution in [1.29, 1.82) is 0 Å². The Morgan fingerprint density at radius 1 is 0.818 bits per heavy atom. The fourth-order valence-electron chi connectivity index (χ4n) is 5.87. The third-order valence-corrected chi connectivity index (χ3v) is 8.73. The first kappa shape index (κ1) is 31.5. The third-order valence-electron chi connectivity index (χ3n) is 8.42. The van der Waals surface area contributed by atoms with Crippen molar-refractivity contribution in [1.82, 2.24) is 9.80 Å². The molecular formula is C34H40ClN5O4. The number of rotatable bonds is 10. The van der Waals surface area contributed by atoms with E-state index in [2.05, 4.69) is 20.4 Å². The highest BCUT2D eigenvalue weighted by Crippen LogP contribution is 2.28. The van der Waals surface area contributed by atoms with E-state index in [0.717, 1.165) is 62.3 Å². The lowest BCUT2D eigenvalue weighted by Crippen LogP contribution is -2.39. The third kappa shape index (κ3) is 8.81. The zero-order chi connectivity index (χ0) is 30.9. The Labute approximate surface area is 263 Å². The largest absolute Gasteiger partial charge is 0.446 e. The highest BCUT2D eigenvalue weighted by atomic mass is 35.5. The molecule has 44 heavy (non-hydrogen) atoms. The number of hydrogen-bond donors (Lipinski definition) is 3. The van der Waals surface area contributed by atoms with Crippen LogP contribution >= 0.6 is 11.6 Å². The Balaban J connectivity index is 1.01. The number of primary amides is 1. The van der Waals surface area contributed by atoms with E-state index in [4.69, 9.17) is 22.1 Å². The lowest BCUT2D eigenvalue weighted by molar-refractivity contribution is -0.123. The molecule has 0 aliphatic carbocycles. The molecular weight excluding hydrogens is 578 g/mol. The minimum Gasteiger partial charge on any atom is -0.446 e. The van der Waals surface area contributed by atoms with Crippen molar-refractivity contribution >= 4 is 40.9 Å². The molecule has 0 spiro atoms. The van der Waals surface area contributed by atoms with Crippen LogP contribution in [0.1, 0.15) is 37.7 Å². The Morgan fingerprint density at radius 3 is 2.20 bits per heavy atom. The van der Waals surface area contributed by atoms with Crippen molar-refractivity contribution in [3.63, 3.8) is 0 Å². The zero-order valence-electron chi connectivity index (χ0n) is 24.8. The van der Waals surface area contributed by atoms with Crippen molar-refractivity contribution in [2.24, 2.45) is 11.7 Å². The minimum atomic E-state index is -0.457. The fourth-order valence-corrected chi connectivity index (χ4v) is 6.12. The number of benzene rings is 3. The number of nitrogens with zero attached hydrogens (tertiary/aromatic N) is 2. The van der Waals surface area contributed by atoms with E-state index in [9.17, 15) is 14.4 Å². The second kappa shape index (κ2) is 15.2. The van der Waals surface area contributed by atoms with Gasteiger partial charge in [-0.3, -0.25) is 19.8 Å². The van der Waals surface area contributed by atoms with Crippen LogP contribution < -0.4 is 16.4 Å². The number of nitrogens with two attached hydrogens (primary N) is 1. The predicted octanol–water partition coefficient (Wildman–Crippen LogP) is 5.75. The molecule has 2 aliphatic heterocycles. The number of likely N-dealkylation sites (tertiary alicyclic amines) is 2. The molecule has 2 aliphatic rings. The number of hydrogen-bond acceptors (Lipinski definition) is 6. The number of piperidine rings is 2. The summed E-state index contributed by atoms with van der Waals surface area (Å²) in [6.45, 7) is 4.50. The van der Waals surface area contributed by atoms with Crippen molar-refractivity contribution in [2.45, 2.75) is 44.8 Å². The summed E-state index contributed by atoms with van der Waals surface area (Å²) in [5.41, 5.74) is 9.77. The molecule has 232 valence electrons. The van der Waals surface area contributed by atoms with Crippen LogP contribution in [0.4, 0.5) is 16.2 Å². The summed E-state index contributed by atoms with van der Waals surface area (Å²) in [5.74, 6) is -0.344.